The maximum absolute atomic E-state index is 13.0. The van der Waals surface area contributed by atoms with Crippen LogP contribution in [0.1, 0.15) is 36.6 Å². The first-order valence-corrected chi connectivity index (χ1v) is 7.88. The fourth-order valence-corrected chi connectivity index (χ4v) is 2.70. The number of nitrogens with one attached hydrogen (secondary N) is 1. The highest BCUT2D eigenvalue weighted by Crippen LogP contribution is 2.34. The van der Waals surface area contributed by atoms with Crippen molar-refractivity contribution in [2.75, 3.05) is 12.4 Å². The summed E-state index contributed by atoms with van der Waals surface area (Å²) in [5, 5.41) is 3.33. The first kappa shape index (κ1) is 18.2. The average Bonchev–Trinajstić information content (AvgIpc) is 2.59. The van der Waals surface area contributed by atoms with E-state index < -0.39 is 12.1 Å². The number of methoxy groups -OCH3 is 1. The second-order valence-electron chi connectivity index (χ2n) is 5.19. The Labute approximate surface area is 145 Å². The Balaban J connectivity index is 2.30. The summed E-state index contributed by atoms with van der Waals surface area (Å²) in [6.45, 7) is 3.71. The van der Waals surface area contributed by atoms with E-state index in [1.165, 1.54) is 6.20 Å². The second-order valence-corrected chi connectivity index (χ2v) is 5.57. The largest absolute Gasteiger partial charge is 0.497 e. The van der Waals surface area contributed by atoms with Gasteiger partial charge < -0.3 is 10.1 Å². The van der Waals surface area contributed by atoms with E-state index >= 15 is 0 Å². The summed E-state index contributed by atoms with van der Waals surface area (Å²) in [6, 6.07) is 8.81. The smallest absolute Gasteiger partial charge is 0.281 e. The number of allylic oxidation sites excluding steroid dienone is 1. The van der Waals surface area contributed by atoms with Gasteiger partial charge in [0.1, 0.15) is 11.4 Å². The number of benzene rings is 1. The van der Waals surface area contributed by atoms with Crippen molar-refractivity contribution in [3.05, 3.63) is 65.5 Å². The Morgan fingerprint density at radius 2 is 2.00 bits per heavy atom. The highest BCUT2D eigenvalue weighted by molar-refractivity contribution is 6.32. The molecule has 24 heavy (non-hydrogen) atoms. The van der Waals surface area contributed by atoms with Gasteiger partial charge in [-0.05, 0) is 48.7 Å². The Kier molecular flexibility index (Phi) is 6.55. The number of pyridine rings is 1. The molecule has 0 aliphatic heterocycles. The zero-order chi connectivity index (χ0) is 17.5. The summed E-state index contributed by atoms with van der Waals surface area (Å²) in [5.74, 6) is 0.741. The van der Waals surface area contributed by atoms with Crippen molar-refractivity contribution in [2.45, 2.75) is 25.3 Å². The highest BCUT2D eigenvalue weighted by atomic mass is 35.5. The maximum Gasteiger partial charge on any atom is 0.281 e. The van der Waals surface area contributed by atoms with E-state index in [2.05, 4.69) is 16.9 Å². The van der Waals surface area contributed by atoms with Gasteiger partial charge in [0, 0.05) is 11.9 Å². The van der Waals surface area contributed by atoms with Gasteiger partial charge in [0.25, 0.3) is 6.43 Å². The zero-order valence-electron chi connectivity index (χ0n) is 13.3. The average molecular weight is 353 g/mol. The maximum atomic E-state index is 13.0. The first-order valence-electron chi connectivity index (χ1n) is 7.50. The van der Waals surface area contributed by atoms with Crippen LogP contribution in [-0.4, -0.2) is 12.1 Å². The van der Waals surface area contributed by atoms with Crippen LogP contribution < -0.4 is 10.1 Å². The molecule has 0 aliphatic carbocycles. The molecule has 0 saturated carbocycles. The molecule has 0 spiro atoms. The summed E-state index contributed by atoms with van der Waals surface area (Å²) in [4.78, 5) is 3.68. The van der Waals surface area contributed by atoms with Crippen LogP contribution in [0.15, 0.2) is 49.2 Å². The van der Waals surface area contributed by atoms with Gasteiger partial charge in [-0.25, -0.2) is 8.78 Å². The second kappa shape index (κ2) is 8.64. The van der Waals surface area contributed by atoms with Gasteiger partial charge in [-0.2, -0.15) is 0 Å². The monoisotopic (exact) mass is 352 g/mol. The lowest BCUT2D eigenvalue weighted by Crippen LogP contribution is -2.12. The van der Waals surface area contributed by atoms with Gasteiger partial charge in [-0.1, -0.05) is 17.7 Å². The van der Waals surface area contributed by atoms with Crippen molar-refractivity contribution < 1.29 is 13.5 Å². The number of rotatable bonds is 8. The van der Waals surface area contributed by atoms with Crippen molar-refractivity contribution in [1.82, 2.24) is 4.98 Å². The molecular formula is C18H19ClF2N2O. The van der Waals surface area contributed by atoms with Gasteiger partial charge in [0.05, 0.1) is 18.2 Å². The molecule has 0 aliphatic rings. The number of halogens is 3. The minimum Gasteiger partial charge on any atom is -0.497 e. The quantitative estimate of drug-likeness (QED) is 0.609. The van der Waals surface area contributed by atoms with Gasteiger partial charge in [-0.15, -0.1) is 6.58 Å². The van der Waals surface area contributed by atoms with Gasteiger partial charge in [0.2, 0.25) is 0 Å². The van der Waals surface area contributed by atoms with Crippen LogP contribution in [0.2, 0.25) is 5.02 Å². The topological polar surface area (TPSA) is 34.1 Å². The highest BCUT2D eigenvalue weighted by Gasteiger charge is 2.21. The van der Waals surface area contributed by atoms with Crippen molar-refractivity contribution in [3.8, 4) is 5.75 Å². The van der Waals surface area contributed by atoms with E-state index in [0.717, 1.165) is 17.9 Å². The van der Waals surface area contributed by atoms with E-state index in [1.54, 1.807) is 19.3 Å². The van der Waals surface area contributed by atoms with Crippen LogP contribution in [0.5, 0.6) is 5.75 Å². The summed E-state index contributed by atoms with van der Waals surface area (Å²) < 4.78 is 31.2. The molecule has 0 amide bonds. The van der Waals surface area contributed by atoms with Gasteiger partial charge in [0.15, 0.2) is 0 Å². The molecule has 2 aromatic rings. The first-order chi connectivity index (χ1) is 11.6. The molecule has 6 heteroatoms. The van der Waals surface area contributed by atoms with Crippen LogP contribution in [0.25, 0.3) is 0 Å². The van der Waals surface area contributed by atoms with Gasteiger partial charge >= 0.3 is 0 Å². The summed E-state index contributed by atoms with van der Waals surface area (Å²) >= 11 is 6.16. The van der Waals surface area contributed by atoms with Crippen LogP contribution in [0.4, 0.5) is 14.5 Å². The molecule has 0 fully saturated rings. The molecule has 128 valence electrons. The number of hydrogen-bond acceptors (Lipinski definition) is 3. The molecule has 0 unspecified atom stereocenters. The third-order valence-electron chi connectivity index (χ3n) is 3.62. The lowest BCUT2D eigenvalue weighted by Gasteiger charge is -2.22. The molecule has 0 saturated heterocycles. The summed E-state index contributed by atoms with van der Waals surface area (Å²) in [5.41, 5.74) is 1.05. The van der Waals surface area contributed by atoms with E-state index in [0.29, 0.717) is 12.0 Å². The molecule has 2 rings (SSSR count). The van der Waals surface area contributed by atoms with Crippen molar-refractivity contribution in [1.29, 1.82) is 0 Å². The Morgan fingerprint density at radius 3 is 2.58 bits per heavy atom. The summed E-state index contributed by atoms with van der Waals surface area (Å²) in [6.07, 6.45) is 1.82. The Hall–Kier alpha value is -2.14. The lowest BCUT2D eigenvalue weighted by atomic mass is 10.0. The van der Waals surface area contributed by atoms with Crippen molar-refractivity contribution in [2.24, 2.45) is 0 Å². The van der Waals surface area contributed by atoms with Crippen LogP contribution >= 0.6 is 11.6 Å². The zero-order valence-corrected chi connectivity index (χ0v) is 14.1. The third-order valence-corrected chi connectivity index (χ3v) is 4.03. The lowest BCUT2D eigenvalue weighted by molar-refractivity contribution is 0.146. The predicted octanol–water partition coefficient (Wildman–Crippen LogP) is 5.80. The third kappa shape index (κ3) is 4.45. The van der Waals surface area contributed by atoms with Crippen LogP contribution in [-0.2, 0) is 0 Å². The minimum atomic E-state index is -2.71. The molecule has 0 bridgehead atoms. The number of alkyl halides is 2. The molecule has 1 N–H and O–H groups in total. The number of hydrogen-bond donors (Lipinski definition) is 1. The van der Waals surface area contributed by atoms with Crippen molar-refractivity contribution in [3.63, 3.8) is 0 Å². The minimum absolute atomic E-state index is 0.00238. The predicted molar refractivity (Wildman–Crippen MR) is 93.0 cm³/mol. The summed E-state index contributed by atoms with van der Waals surface area (Å²) in [7, 11) is 1.60. The molecule has 0 radical (unpaired) electrons. The van der Waals surface area contributed by atoms with Gasteiger partial charge in [-0.3, -0.25) is 4.98 Å². The number of nitrogens with zero attached hydrogens (tertiary/aromatic N) is 1. The Bertz CT molecular complexity index is 677. The molecule has 3 nitrogen and oxygen atoms in total. The Morgan fingerprint density at radius 1 is 1.29 bits per heavy atom. The number of aromatic nitrogens is 1. The standard InChI is InChI=1S/C18H19ClF2N2O/c1-3-4-5-15(23-12-6-8-13(24-2)9-7-12)14-10-11-22-17(16(14)19)18(20)21/h3,6-11,15,18,23H,1,4-5H2,2H3/t15-/m1/s1. The van der Waals surface area contributed by atoms with E-state index in [1.807, 2.05) is 24.3 Å². The SMILES string of the molecule is C=CCC[C@@H](Nc1ccc(OC)cc1)c1ccnc(C(F)F)c1Cl. The number of anilines is 1. The van der Waals surface area contributed by atoms with E-state index in [9.17, 15) is 8.78 Å². The molecular weight excluding hydrogens is 334 g/mol. The number of ether oxygens (including phenoxy) is 1. The molecule has 1 heterocycles. The van der Waals surface area contributed by atoms with Crippen molar-refractivity contribution >= 4 is 17.3 Å². The van der Waals surface area contributed by atoms with E-state index in [4.69, 9.17) is 16.3 Å². The molecule has 1 atom stereocenters. The van der Waals surface area contributed by atoms with Crippen LogP contribution in [0, 0.1) is 0 Å². The normalized spacial score (nSPS) is 12.0. The molecule has 1 aromatic carbocycles. The fourth-order valence-electron chi connectivity index (χ4n) is 2.38. The fraction of sp³-hybridized carbons (Fsp3) is 0.278. The molecule has 1 aromatic heterocycles. The van der Waals surface area contributed by atoms with E-state index in [-0.39, 0.29) is 11.1 Å². The van der Waals surface area contributed by atoms with Crippen LogP contribution in [0.3, 0.4) is 0 Å².